The number of aromatic amines is 1. The Labute approximate surface area is 135 Å². The normalized spacial score (nSPS) is 16.7. The van der Waals surface area contributed by atoms with Crippen LogP contribution in [0, 0.1) is 12.7 Å². The van der Waals surface area contributed by atoms with Crippen LogP contribution in [0.15, 0.2) is 23.5 Å². The molecule has 1 aliphatic rings. The number of hydrogen-bond acceptors (Lipinski definition) is 3. The zero-order chi connectivity index (χ0) is 16.1. The molecule has 0 radical (unpaired) electrons. The molecule has 1 fully saturated rings. The van der Waals surface area contributed by atoms with Gasteiger partial charge in [0.1, 0.15) is 17.2 Å². The van der Waals surface area contributed by atoms with Crippen molar-refractivity contribution >= 4 is 21.7 Å². The van der Waals surface area contributed by atoms with Crippen LogP contribution in [-0.2, 0) is 17.8 Å². The van der Waals surface area contributed by atoms with E-state index in [0.717, 1.165) is 30.4 Å². The van der Waals surface area contributed by atoms with Gasteiger partial charge in [-0.3, -0.25) is 8.89 Å². The van der Waals surface area contributed by atoms with Crippen LogP contribution in [0.25, 0.3) is 22.3 Å². The summed E-state index contributed by atoms with van der Waals surface area (Å²) in [5.41, 5.74) is 1.93. The summed E-state index contributed by atoms with van der Waals surface area (Å²) in [5, 5.41) is 5.80. The summed E-state index contributed by atoms with van der Waals surface area (Å²) in [6, 6.07) is 3.27. The number of aromatic nitrogens is 4. The van der Waals surface area contributed by atoms with Gasteiger partial charge in [0.05, 0.1) is 16.3 Å². The molecule has 5 nitrogen and oxygen atoms in total. The summed E-state index contributed by atoms with van der Waals surface area (Å²) in [7, 11) is 0.676. The van der Waals surface area contributed by atoms with Gasteiger partial charge in [0, 0.05) is 23.2 Å². The lowest BCUT2D eigenvalue weighted by atomic mass is 10.0. The molecule has 0 saturated heterocycles. The second-order valence-corrected chi connectivity index (χ2v) is 7.77. The molecule has 0 bridgehead atoms. The Morgan fingerprint density at radius 1 is 1.39 bits per heavy atom. The molecule has 120 valence electrons. The fourth-order valence-corrected chi connectivity index (χ4v) is 4.54. The highest BCUT2D eigenvalue weighted by atomic mass is 32.2. The van der Waals surface area contributed by atoms with E-state index in [4.69, 9.17) is 0 Å². The third-order valence-corrected chi connectivity index (χ3v) is 6.16. The molecule has 2 heterocycles. The van der Waals surface area contributed by atoms with Crippen LogP contribution in [-0.4, -0.2) is 29.2 Å². The summed E-state index contributed by atoms with van der Waals surface area (Å²) in [4.78, 5) is 7.30. The van der Waals surface area contributed by atoms with Crippen LogP contribution in [0.2, 0.25) is 0 Å². The first-order chi connectivity index (χ1) is 11.0. The van der Waals surface area contributed by atoms with Crippen LogP contribution in [0.5, 0.6) is 0 Å². The minimum Gasteiger partial charge on any atom is -0.345 e. The predicted molar refractivity (Wildman–Crippen MR) is 87.0 cm³/mol. The number of rotatable bonds is 3. The first kappa shape index (κ1) is 14.6. The third-order valence-electron chi connectivity index (χ3n) is 4.43. The van der Waals surface area contributed by atoms with E-state index in [-0.39, 0.29) is 11.1 Å². The van der Waals surface area contributed by atoms with Crippen molar-refractivity contribution in [2.75, 3.05) is 0 Å². The zero-order valence-corrected chi connectivity index (χ0v) is 13.8. The predicted octanol–water partition coefficient (Wildman–Crippen LogP) is 3.07. The van der Waals surface area contributed by atoms with Gasteiger partial charge < -0.3 is 4.98 Å². The lowest BCUT2D eigenvalue weighted by molar-refractivity contribution is 0.504. The summed E-state index contributed by atoms with van der Waals surface area (Å²) in [6.45, 7) is 1.84. The molecule has 3 aromatic rings. The van der Waals surface area contributed by atoms with Gasteiger partial charge in [-0.15, -0.1) is 0 Å². The Bertz CT molecular complexity index is 926. The Balaban J connectivity index is 1.92. The van der Waals surface area contributed by atoms with Crippen LogP contribution in [0.3, 0.4) is 0 Å². The van der Waals surface area contributed by atoms with E-state index in [1.54, 1.807) is 24.1 Å². The molecule has 1 saturated carbocycles. The fraction of sp³-hybridized carbons (Fsp3) is 0.375. The Morgan fingerprint density at radius 2 is 2.17 bits per heavy atom. The monoisotopic (exact) mass is 332 g/mol. The highest BCUT2D eigenvalue weighted by Gasteiger charge is 2.27. The van der Waals surface area contributed by atoms with E-state index in [2.05, 4.69) is 15.1 Å². The summed E-state index contributed by atoms with van der Waals surface area (Å²) in [6.07, 6.45) is 4.67. The van der Waals surface area contributed by atoms with Crippen LogP contribution >= 0.6 is 0 Å². The van der Waals surface area contributed by atoms with E-state index >= 15 is 0 Å². The molecular weight excluding hydrogens is 315 g/mol. The van der Waals surface area contributed by atoms with Crippen molar-refractivity contribution in [3.63, 3.8) is 0 Å². The standard InChI is InChI=1S/C16H17FN4OS/c1-9-6-12(17)15-11(14(9)16-18-8-21(2)20-16)7-13(19-15)23(22)10-4-3-5-10/h6-8,10,19H,3-5H2,1-2H3. The van der Waals surface area contributed by atoms with Gasteiger partial charge >= 0.3 is 0 Å². The van der Waals surface area contributed by atoms with Crippen LogP contribution in [0.4, 0.5) is 4.39 Å². The maximum Gasteiger partial charge on any atom is 0.182 e. The lowest BCUT2D eigenvalue weighted by Gasteiger charge is -2.23. The third kappa shape index (κ3) is 2.30. The van der Waals surface area contributed by atoms with Gasteiger partial charge in [-0.05, 0) is 37.5 Å². The van der Waals surface area contributed by atoms with Crippen molar-refractivity contribution < 1.29 is 8.60 Å². The molecule has 0 amide bonds. The van der Waals surface area contributed by atoms with Crippen LogP contribution in [0.1, 0.15) is 24.8 Å². The van der Waals surface area contributed by atoms with E-state index in [1.807, 2.05) is 6.92 Å². The van der Waals surface area contributed by atoms with Gasteiger partial charge in [0.25, 0.3) is 0 Å². The first-order valence-corrected chi connectivity index (χ1v) is 8.84. The molecule has 1 unspecified atom stereocenters. The van der Waals surface area contributed by atoms with Gasteiger partial charge in [0.2, 0.25) is 0 Å². The van der Waals surface area contributed by atoms with Gasteiger partial charge in [-0.25, -0.2) is 9.37 Å². The maximum absolute atomic E-state index is 14.3. The number of halogens is 1. The van der Waals surface area contributed by atoms with Crippen LogP contribution < -0.4 is 0 Å². The quantitative estimate of drug-likeness (QED) is 0.802. The Morgan fingerprint density at radius 3 is 2.78 bits per heavy atom. The number of nitrogens with one attached hydrogen (secondary N) is 1. The maximum atomic E-state index is 14.3. The number of aryl methyl sites for hydroxylation is 2. The van der Waals surface area contributed by atoms with Crippen molar-refractivity contribution in [3.05, 3.63) is 29.8 Å². The second kappa shape index (κ2) is 5.26. The van der Waals surface area contributed by atoms with E-state index < -0.39 is 10.8 Å². The van der Waals surface area contributed by atoms with Crippen molar-refractivity contribution in [1.29, 1.82) is 0 Å². The molecule has 23 heavy (non-hydrogen) atoms. The SMILES string of the molecule is Cc1cc(F)c2[nH]c(S(=O)C3CCC3)cc2c1-c1ncn(C)n1. The molecular formula is C16H17FN4OS. The molecule has 1 N–H and O–H groups in total. The molecule has 4 rings (SSSR count). The van der Waals surface area contributed by atoms with Gasteiger partial charge in [-0.2, -0.15) is 5.10 Å². The molecule has 7 heteroatoms. The van der Waals surface area contributed by atoms with Crippen molar-refractivity contribution in [2.45, 2.75) is 36.5 Å². The van der Waals surface area contributed by atoms with Crippen molar-refractivity contribution in [3.8, 4) is 11.4 Å². The summed E-state index contributed by atoms with van der Waals surface area (Å²) < 4.78 is 28.5. The molecule has 1 atom stereocenters. The fourth-order valence-electron chi connectivity index (χ4n) is 2.99. The highest BCUT2D eigenvalue weighted by molar-refractivity contribution is 7.85. The Hall–Kier alpha value is -2.02. The summed E-state index contributed by atoms with van der Waals surface area (Å²) in [5.74, 6) is 0.212. The smallest absolute Gasteiger partial charge is 0.182 e. The number of fused-ring (bicyclic) bond motifs is 1. The number of benzene rings is 1. The minimum absolute atomic E-state index is 0.184. The van der Waals surface area contributed by atoms with Gasteiger partial charge in [-0.1, -0.05) is 6.42 Å². The highest BCUT2D eigenvalue weighted by Crippen LogP contribution is 2.35. The van der Waals surface area contributed by atoms with E-state index in [1.165, 1.54) is 6.07 Å². The largest absolute Gasteiger partial charge is 0.345 e. The number of H-pyrrole nitrogens is 1. The van der Waals surface area contributed by atoms with Crippen molar-refractivity contribution in [1.82, 2.24) is 19.7 Å². The summed E-state index contributed by atoms with van der Waals surface area (Å²) >= 11 is 0. The van der Waals surface area contributed by atoms with Gasteiger partial charge in [0.15, 0.2) is 5.82 Å². The van der Waals surface area contributed by atoms with E-state index in [0.29, 0.717) is 21.8 Å². The van der Waals surface area contributed by atoms with E-state index in [9.17, 15) is 8.60 Å². The average Bonchev–Trinajstić information content (AvgIpc) is 3.04. The number of nitrogens with zero attached hydrogens (tertiary/aromatic N) is 3. The first-order valence-electron chi connectivity index (χ1n) is 7.63. The lowest BCUT2D eigenvalue weighted by Crippen LogP contribution is -2.23. The molecule has 1 aliphatic carbocycles. The minimum atomic E-state index is -1.12. The molecule has 0 aliphatic heterocycles. The van der Waals surface area contributed by atoms with Crippen molar-refractivity contribution in [2.24, 2.45) is 7.05 Å². The topological polar surface area (TPSA) is 63.6 Å². The number of hydrogen-bond donors (Lipinski definition) is 1. The molecule has 2 aromatic heterocycles. The Kier molecular flexibility index (Phi) is 3.33. The average molecular weight is 332 g/mol. The zero-order valence-electron chi connectivity index (χ0n) is 13.0. The second-order valence-electron chi connectivity index (χ2n) is 6.06. The molecule has 0 spiro atoms. The molecule has 1 aromatic carbocycles.